The Labute approximate surface area is 161 Å². The van der Waals surface area contributed by atoms with Crippen LogP contribution >= 0.6 is 11.6 Å². The van der Waals surface area contributed by atoms with Crippen LogP contribution in [0.5, 0.6) is 5.88 Å². The van der Waals surface area contributed by atoms with Crippen LogP contribution in [0.4, 0.5) is 0 Å². The molecule has 27 heavy (non-hydrogen) atoms. The van der Waals surface area contributed by atoms with Gasteiger partial charge in [0.05, 0.1) is 27.2 Å². The van der Waals surface area contributed by atoms with Gasteiger partial charge in [0.15, 0.2) is 9.84 Å². The molecule has 0 amide bonds. The summed E-state index contributed by atoms with van der Waals surface area (Å²) in [5.74, 6) is -0.847. The summed E-state index contributed by atoms with van der Waals surface area (Å²) in [4.78, 5) is 17.1. The summed E-state index contributed by atoms with van der Waals surface area (Å²) in [6, 6.07) is 2.59. The van der Waals surface area contributed by atoms with Gasteiger partial charge >= 0.3 is 0 Å². The maximum absolute atomic E-state index is 12.8. The summed E-state index contributed by atoms with van der Waals surface area (Å²) in [7, 11) is -2.18. The van der Waals surface area contributed by atoms with Crippen molar-refractivity contribution in [1.82, 2.24) is 9.78 Å². The Morgan fingerprint density at radius 3 is 2.48 bits per heavy atom. The van der Waals surface area contributed by atoms with Gasteiger partial charge in [-0.05, 0) is 26.0 Å². The number of ketones is 1. The third-order valence-corrected chi connectivity index (χ3v) is 5.61. The van der Waals surface area contributed by atoms with Gasteiger partial charge < -0.3 is 9.84 Å². The van der Waals surface area contributed by atoms with Gasteiger partial charge in [0, 0.05) is 18.9 Å². The molecule has 0 unspecified atom stereocenters. The van der Waals surface area contributed by atoms with Crippen molar-refractivity contribution in [3.63, 3.8) is 0 Å². The molecule has 3 rings (SSSR count). The number of rotatable bonds is 4. The molecule has 0 saturated heterocycles. The smallest absolute Gasteiger partial charge is 0.220 e. The van der Waals surface area contributed by atoms with Gasteiger partial charge in [0.2, 0.25) is 17.6 Å². The number of benzene rings is 1. The van der Waals surface area contributed by atoms with Crippen molar-refractivity contribution in [2.45, 2.75) is 24.3 Å². The molecule has 1 aromatic heterocycles. The van der Waals surface area contributed by atoms with Crippen molar-refractivity contribution in [2.75, 3.05) is 12.9 Å². The van der Waals surface area contributed by atoms with Gasteiger partial charge in [-0.2, -0.15) is 5.10 Å². The zero-order valence-corrected chi connectivity index (χ0v) is 16.7. The lowest BCUT2D eigenvalue weighted by Gasteiger charge is -2.13. The quantitative estimate of drug-likeness (QED) is 0.770. The van der Waals surface area contributed by atoms with E-state index in [0.717, 1.165) is 10.9 Å². The van der Waals surface area contributed by atoms with E-state index in [1.165, 1.54) is 25.4 Å². The Morgan fingerprint density at radius 2 is 2.00 bits per heavy atom. The number of ether oxygens (including phenoxy) is 1. The van der Waals surface area contributed by atoms with Crippen LogP contribution in [0.25, 0.3) is 0 Å². The van der Waals surface area contributed by atoms with Crippen molar-refractivity contribution in [3.05, 3.63) is 40.0 Å². The molecule has 0 atom stereocenters. The number of halogens is 1. The van der Waals surface area contributed by atoms with Gasteiger partial charge in [0.1, 0.15) is 12.2 Å². The van der Waals surface area contributed by atoms with E-state index in [1.54, 1.807) is 0 Å². The molecule has 1 aliphatic heterocycles. The number of hydrogen-bond acceptors (Lipinski definition) is 7. The normalized spacial score (nSPS) is 16.1. The minimum Gasteiger partial charge on any atom is -0.493 e. The Bertz CT molecular complexity index is 1090. The molecule has 0 fully saturated rings. The van der Waals surface area contributed by atoms with Gasteiger partial charge in [-0.25, -0.2) is 18.1 Å². The highest BCUT2D eigenvalue weighted by Gasteiger charge is 2.33. The van der Waals surface area contributed by atoms with Crippen molar-refractivity contribution in [3.8, 4) is 5.88 Å². The molecule has 8 nitrogen and oxygen atoms in total. The molecule has 1 aromatic carbocycles. The predicted octanol–water partition coefficient (Wildman–Crippen LogP) is 1.97. The molecule has 10 heteroatoms. The number of hydrogen-bond donors (Lipinski definition) is 1. The fourth-order valence-electron chi connectivity index (χ4n) is 2.69. The van der Waals surface area contributed by atoms with Gasteiger partial charge in [-0.15, -0.1) is 0 Å². The predicted molar refractivity (Wildman–Crippen MR) is 99.4 cm³/mol. The topological polar surface area (TPSA) is 111 Å². The van der Waals surface area contributed by atoms with Crippen LogP contribution in [0, 0.1) is 0 Å². The van der Waals surface area contributed by atoms with Crippen LogP contribution in [-0.2, 0) is 21.6 Å². The zero-order chi connectivity index (χ0) is 20.1. The molecular weight excluding hydrogens is 394 g/mol. The minimum absolute atomic E-state index is 0.0124. The first-order valence-corrected chi connectivity index (χ1v) is 10.2. The van der Waals surface area contributed by atoms with Crippen molar-refractivity contribution >= 4 is 33.1 Å². The second-order valence-corrected chi connectivity index (χ2v) is 9.29. The van der Waals surface area contributed by atoms with E-state index in [2.05, 4.69) is 10.1 Å². The minimum atomic E-state index is -3.66. The summed E-state index contributed by atoms with van der Waals surface area (Å²) in [6.07, 6.45) is 2.25. The van der Waals surface area contributed by atoms with E-state index in [9.17, 15) is 18.3 Å². The lowest BCUT2D eigenvalue weighted by atomic mass is 10.0. The van der Waals surface area contributed by atoms with Crippen LogP contribution in [0.1, 0.15) is 35.3 Å². The monoisotopic (exact) mass is 411 g/mol. The summed E-state index contributed by atoms with van der Waals surface area (Å²) in [5.41, 5.74) is -0.542. The van der Waals surface area contributed by atoms with Crippen molar-refractivity contribution in [2.24, 2.45) is 12.0 Å². The second-order valence-electron chi connectivity index (χ2n) is 6.93. The molecule has 0 bridgehead atoms. The van der Waals surface area contributed by atoms with Gasteiger partial charge in [0.25, 0.3) is 0 Å². The molecule has 2 heterocycles. The molecule has 0 aliphatic carbocycles. The van der Waals surface area contributed by atoms with Crippen LogP contribution in [-0.4, -0.2) is 53.4 Å². The Kier molecular flexibility index (Phi) is 4.55. The largest absolute Gasteiger partial charge is 0.493 e. The molecular formula is C17H18ClN3O5S. The van der Waals surface area contributed by atoms with E-state index in [1.807, 2.05) is 13.8 Å². The molecule has 0 radical (unpaired) electrons. The summed E-state index contributed by atoms with van der Waals surface area (Å²) in [6.45, 7) is 3.91. The average molecular weight is 412 g/mol. The Morgan fingerprint density at radius 1 is 1.33 bits per heavy atom. The highest BCUT2D eigenvalue weighted by Crippen LogP contribution is 2.34. The first kappa shape index (κ1) is 19.4. The molecule has 2 aromatic rings. The molecule has 144 valence electrons. The van der Waals surface area contributed by atoms with E-state index in [0.29, 0.717) is 0 Å². The van der Waals surface area contributed by atoms with E-state index >= 15 is 0 Å². The lowest BCUT2D eigenvalue weighted by Crippen LogP contribution is -2.17. The number of aromatic nitrogens is 2. The number of carbonyl (C=O) groups excluding carboxylic acids is 1. The number of nitrogens with zero attached hydrogens (tertiary/aromatic N) is 3. The van der Waals surface area contributed by atoms with Crippen LogP contribution < -0.4 is 0 Å². The average Bonchev–Trinajstić information content (AvgIpc) is 3.08. The highest BCUT2D eigenvalue weighted by atomic mass is 35.5. The van der Waals surface area contributed by atoms with Crippen LogP contribution in [0.15, 0.2) is 28.2 Å². The summed E-state index contributed by atoms with van der Waals surface area (Å²) >= 11 is 6.44. The summed E-state index contributed by atoms with van der Waals surface area (Å²) < 4.78 is 31.2. The van der Waals surface area contributed by atoms with Crippen molar-refractivity contribution < 1.29 is 23.1 Å². The number of aromatic hydroxyl groups is 1. The van der Waals surface area contributed by atoms with E-state index in [4.69, 9.17) is 16.3 Å². The number of aryl methyl sites for hydroxylation is 1. The molecule has 1 aliphatic rings. The molecule has 0 saturated carbocycles. The second kappa shape index (κ2) is 6.35. The van der Waals surface area contributed by atoms with Crippen LogP contribution in [0.3, 0.4) is 0 Å². The van der Waals surface area contributed by atoms with Gasteiger partial charge in [-0.3, -0.25) is 4.79 Å². The standard InChI is InChI=1S/C17H18ClN3O5S/c1-17(2)8-26-15(20-17)12-11(27(4,24)25)6-5-9(13(12)18)14(22)10-7-19-21(3)16(10)23/h5-7,23H,8H2,1-4H3. The zero-order valence-electron chi connectivity index (χ0n) is 15.1. The molecule has 1 N–H and O–H groups in total. The summed E-state index contributed by atoms with van der Waals surface area (Å²) in [5, 5.41) is 13.7. The maximum Gasteiger partial charge on any atom is 0.220 e. The van der Waals surface area contributed by atoms with Crippen LogP contribution in [0.2, 0.25) is 5.02 Å². The third kappa shape index (κ3) is 3.44. The highest BCUT2D eigenvalue weighted by molar-refractivity contribution is 7.90. The fourth-order valence-corrected chi connectivity index (χ4v) is 3.95. The third-order valence-electron chi connectivity index (χ3n) is 4.08. The Hall–Kier alpha value is -2.39. The fraction of sp³-hybridized carbons (Fsp3) is 0.353. The van der Waals surface area contributed by atoms with Gasteiger partial charge in [-0.1, -0.05) is 11.6 Å². The number of aliphatic imine (C=N–C) groups is 1. The number of carbonyl (C=O) groups is 1. The first-order chi connectivity index (χ1) is 12.4. The van der Waals surface area contributed by atoms with Crippen molar-refractivity contribution in [1.29, 1.82) is 0 Å². The number of sulfone groups is 1. The SMILES string of the molecule is Cn1ncc(C(=O)c2ccc(S(C)(=O)=O)c(C3=NC(C)(C)CO3)c2Cl)c1O. The first-order valence-electron chi connectivity index (χ1n) is 7.93. The van der Waals surface area contributed by atoms with E-state index < -0.39 is 21.2 Å². The van der Waals surface area contributed by atoms with E-state index in [-0.39, 0.29) is 45.0 Å². The Balaban J connectivity index is 2.24. The lowest BCUT2D eigenvalue weighted by molar-refractivity contribution is 0.103. The maximum atomic E-state index is 12.8. The molecule has 0 spiro atoms.